The zero-order chi connectivity index (χ0) is 36.4. The maximum absolute atomic E-state index is 14.6. The normalized spacial score (nSPS) is 18.7. The van der Waals surface area contributed by atoms with Crippen LogP contribution in [-0.4, -0.2) is 11.6 Å². The van der Waals surface area contributed by atoms with E-state index in [1.54, 1.807) is 22.9 Å². The number of anilines is 2. The molecule has 2 aliphatic heterocycles. The van der Waals surface area contributed by atoms with Gasteiger partial charge in [0.1, 0.15) is 34.9 Å². The maximum atomic E-state index is 14.6. The molecule has 4 aromatic rings. The van der Waals surface area contributed by atoms with Crippen molar-refractivity contribution in [1.29, 1.82) is 0 Å². The average Bonchev–Trinajstić information content (AvgIpc) is 3.04. The second-order valence-corrected chi connectivity index (χ2v) is 12.5. The topological polar surface area (TPSA) is 40.6 Å². The fourth-order valence-electron chi connectivity index (χ4n) is 6.57. The lowest BCUT2D eigenvalue weighted by Crippen LogP contribution is -2.38. The molecule has 0 saturated heterocycles. The van der Waals surface area contributed by atoms with Crippen LogP contribution in [0.5, 0.6) is 0 Å². The van der Waals surface area contributed by atoms with Crippen molar-refractivity contribution in [3.8, 4) is 0 Å². The van der Waals surface area contributed by atoms with E-state index in [1.165, 1.54) is 18.4 Å². The largest absolute Gasteiger partial charge is 0.339 e. The van der Waals surface area contributed by atoms with Gasteiger partial charge in [0, 0.05) is 71.5 Å². The molecule has 0 bridgehead atoms. The van der Waals surface area contributed by atoms with Crippen molar-refractivity contribution in [3.05, 3.63) is 153 Å². The number of ketones is 2. The maximum Gasteiger partial charge on any atom is 0.162 e. The van der Waals surface area contributed by atoms with E-state index in [-0.39, 0.29) is 29.1 Å². The molecule has 10 heteroatoms. The van der Waals surface area contributed by atoms with Gasteiger partial charge in [-0.15, -0.1) is 0 Å². The van der Waals surface area contributed by atoms with Gasteiger partial charge in [-0.1, -0.05) is 31.2 Å². The number of aryl methyl sites for hydroxylation is 2. The van der Waals surface area contributed by atoms with Gasteiger partial charge in [-0.25, -0.2) is 26.3 Å². The highest BCUT2D eigenvalue weighted by molar-refractivity contribution is 5.95. The van der Waals surface area contributed by atoms with Crippen LogP contribution in [0.2, 0.25) is 0 Å². The number of rotatable bonds is 5. The van der Waals surface area contributed by atoms with E-state index < -0.39 is 52.9 Å². The van der Waals surface area contributed by atoms with Crippen molar-refractivity contribution < 1.29 is 35.9 Å². The molecule has 2 aliphatic rings. The van der Waals surface area contributed by atoms with Crippen molar-refractivity contribution in [1.82, 2.24) is 0 Å². The Morgan fingerprint density at radius 3 is 1.60 bits per heavy atom. The average molecular weight is 691 g/mol. The molecule has 3 atom stereocenters. The molecule has 0 N–H and O–H groups in total. The summed E-state index contributed by atoms with van der Waals surface area (Å²) in [7, 11) is 0. The number of carbonyl (C=O) groups excluding carboxylic acids is 2. The molecule has 4 aromatic carbocycles. The van der Waals surface area contributed by atoms with Crippen LogP contribution in [0.1, 0.15) is 65.2 Å². The predicted octanol–water partition coefficient (Wildman–Crippen LogP) is 10.1. The third kappa shape index (κ3) is 7.11. The summed E-state index contributed by atoms with van der Waals surface area (Å²) in [6.07, 6.45) is 6.24. The molecule has 0 saturated carbocycles. The SMILES string of the molecule is CCC1C(=O)C=CN(c2cccc(C)c2C)C1c1c(F)cc(F)cc1F.Cc1cccc(N2C=CC(=O)CC2c2c(F)cc(F)cc2F)c1C. The van der Waals surface area contributed by atoms with E-state index in [4.69, 9.17) is 0 Å². The molecule has 0 amide bonds. The van der Waals surface area contributed by atoms with Crippen molar-refractivity contribution in [2.24, 2.45) is 5.92 Å². The van der Waals surface area contributed by atoms with Crippen LogP contribution in [0.4, 0.5) is 37.7 Å². The smallest absolute Gasteiger partial charge is 0.162 e. The van der Waals surface area contributed by atoms with Crippen LogP contribution in [0.15, 0.2) is 85.2 Å². The van der Waals surface area contributed by atoms with E-state index >= 15 is 0 Å². The fourth-order valence-corrected chi connectivity index (χ4v) is 6.57. The lowest BCUT2D eigenvalue weighted by molar-refractivity contribution is -0.119. The van der Waals surface area contributed by atoms with Gasteiger partial charge in [-0.2, -0.15) is 0 Å². The highest BCUT2D eigenvalue weighted by Crippen LogP contribution is 2.42. The quantitative estimate of drug-likeness (QED) is 0.196. The summed E-state index contributed by atoms with van der Waals surface area (Å²) in [6, 6.07) is 12.1. The molecule has 50 heavy (non-hydrogen) atoms. The third-order valence-electron chi connectivity index (χ3n) is 9.46. The molecule has 0 aliphatic carbocycles. The molecule has 4 nitrogen and oxygen atoms in total. The monoisotopic (exact) mass is 690 g/mol. The minimum atomic E-state index is -0.990. The van der Waals surface area contributed by atoms with Gasteiger partial charge in [0.05, 0.1) is 12.1 Å². The summed E-state index contributed by atoms with van der Waals surface area (Å²) in [5, 5.41) is 0. The summed E-state index contributed by atoms with van der Waals surface area (Å²) in [6.45, 7) is 9.51. The number of carbonyl (C=O) groups is 2. The van der Waals surface area contributed by atoms with Crippen LogP contribution in [0, 0.1) is 68.5 Å². The number of benzene rings is 4. The Bertz CT molecular complexity index is 1980. The zero-order valence-corrected chi connectivity index (χ0v) is 28.2. The second kappa shape index (κ2) is 14.8. The molecule has 0 fully saturated rings. The molecule has 6 rings (SSSR count). The van der Waals surface area contributed by atoms with E-state index in [9.17, 15) is 35.9 Å². The standard InChI is InChI=1S/C21H20F3NO.C19H16F3NO/c1-4-15-19(26)8-9-25(18-7-5-6-12(2)13(18)3)21(15)20-16(23)10-14(22)11-17(20)24;1-11-4-3-5-17(12(11)2)23-7-6-14(24)10-18(23)19-15(21)8-13(20)9-16(19)22/h5-11,15,21H,4H2,1-3H3;3-9,18H,10H2,1-2H3. The molecule has 0 spiro atoms. The molecule has 0 aromatic heterocycles. The Morgan fingerprint density at radius 2 is 1.10 bits per heavy atom. The van der Waals surface area contributed by atoms with Gasteiger partial charge < -0.3 is 9.80 Å². The first-order valence-corrected chi connectivity index (χ1v) is 16.1. The zero-order valence-electron chi connectivity index (χ0n) is 28.2. The number of allylic oxidation sites excluding steroid dienone is 2. The molecule has 3 unspecified atom stereocenters. The lowest BCUT2D eigenvalue weighted by atomic mass is 9.83. The van der Waals surface area contributed by atoms with Gasteiger partial charge in [0.25, 0.3) is 0 Å². The number of hydrogen-bond acceptors (Lipinski definition) is 4. The van der Waals surface area contributed by atoms with Crippen molar-refractivity contribution in [2.45, 2.75) is 59.5 Å². The molecular formula is C40H36F6N2O2. The van der Waals surface area contributed by atoms with Crippen molar-refractivity contribution >= 4 is 22.9 Å². The summed E-state index contributed by atoms with van der Waals surface area (Å²) in [4.78, 5) is 27.6. The van der Waals surface area contributed by atoms with Gasteiger partial charge >= 0.3 is 0 Å². The summed E-state index contributed by atoms with van der Waals surface area (Å²) in [5.41, 5.74) is 4.90. The van der Waals surface area contributed by atoms with Gasteiger partial charge in [0.2, 0.25) is 0 Å². The predicted molar refractivity (Wildman–Crippen MR) is 182 cm³/mol. The van der Waals surface area contributed by atoms with E-state index in [0.29, 0.717) is 30.7 Å². The lowest BCUT2D eigenvalue weighted by Gasteiger charge is -2.39. The van der Waals surface area contributed by atoms with Crippen LogP contribution >= 0.6 is 0 Å². The van der Waals surface area contributed by atoms with Crippen LogP contribution in [0.25, 0.3) is 0 Å². The molecular weight excluding hydrogens is 654 g/mol. The van der Waals surface area contributed by atoms with Crippen LogP contribution < -0.4 is 9.80 Å². The first-order chi connectivity index (χ1) is 23.7. The Labute approximate surface area is 287 Å². The summed E-state index contributed by atoms with van der Waals surface area (Å²) < 4.78 is 84.2. The number of halogens is 6. The highest BCUT2D eigenvalue weighted by Gasteiger charge is 2.39. The van der Waals surface area contributed by atoms with E-state index in [1.807, 2.05) is 64.1 Å². The molecule has 260 valence electrons. The second-order valence-electron chi connectivity index (χ2n) is 12.5. The molecule has 0 radical (unpaired) electrons. The van der Waals surface area contributed by atoms with Crippen LogP contribution in [-0.2, 0) is 9.59 Å². The molecule has 2 heterocycles. The van der Waals surface area contributed by atoms with E-state index in [2.05, 4.69) is 0 Å². The van der Waals surface area contributed by atoms with Gasteiger partial charge in [-0.05, 0) is 80.7 Å². The van der Waals surface area contributed by atoms with Gasteiger partial charge in [-0.3, -0.25) is 9.59 Å². The Morgan fingerprint density at radius 1 is 0.640 bits per heavy atom. The first-order valence-electron chi connectivity index (χ1n) is 16.1. The Hall–Kier alpha value is -5.12. The van der Waals surface area contributed by atoms with Crippen LogP contribution in [0.3, 0.4) is 0 Å². The summed E-state index contributed by atoms with van der Waals surface area (Å²) >= 11 is 0. The van der Waals surface area contributed by atoms with E-state index in [0.717, 1.165) is 33.6 Å². The Kier molecular flexibility index (Phi) is 10.7. The fraction of sp³-hybridized carbons (Fsp3) is 0.250. The summed E-state index contributed by atoms with van der Waals surface area (Å²) in [5.74, 6) is -6.96. The minimum Gasteiger partial charge on any atom is -0.339 e. The van der Waals surface area contributed by atoms with Gasteiger partial charge in [0.15, 0.2) is 11.6 Å². The first kappa shape index (κ1) is 36.2. The highest BCUT2D eigenvalue weighted by atomic mass is 19.2. The van der Waals surface area contributed by atoms with Crippen molar-refractivity contribution in [2.75, 3.05) is 9.80 Å². The number of hydrogen-bond donors (Lipinski definition) is 0. The minimum absolute atomic E-state index is 0.0800. The Balaban J connectivity index is 0.000000195. The van der Waals surface area contributed by atoms with Crippen molar-refractivity contribution in [3.63, 3.8) is 0 Å². The number of nitrogens with zero attached hydrogens (tertiary/aromatic N) is 2. The third-order valence-corrected chi connectivity index (χ3v) is 9.46.